The van der Waals surface area contributed by atoms with Gasteiger partial charge in [-0.15, -0.1) is 13.2 Å². The van der Waals surface area contributed by atoms with Gasteiger partial charge in [0.15, 0.2) is 11.5 Å². The van der Waals surface area contributed by atoms with Crippen LogP contribution in [0.25, 0.3) is 0 Å². The predicted molar refractivity (Wildman–Crippen MR) is 136 cm³/mol. The maximum absolute atomic E-state index is 13.4. The number of nitrogens with zero attached hydrogens (tertiary/aromatic N) is 2. The zero-order valence-corrected chi connectivity index (χ0v) is 21.4. The van der Waals surface area contributed by atoms with Gasteiger partial charge in [0.2, 0.25) is 5.91 Å². The van der Waals surface area contributed by atoms with Gasteiger partial charge in [0.25, 0.3) is 0 Å². The van der Waals surface area contributed by atoms with Gasteiger partial charge in [0.05, 0.1) is 34.5 Å². The summed E-state index contributed by atoms with van der Waals surface area (Å²) in [6, 6.07) is 16.9. The largest absolute Gasteiger partial charge is 0.573 e. The lowest BCUT2D eigenvalue weighted by Gasteiger charge is -2.48. The number of para-hydroxylation sites is 4. The molecule has 4 atom stereocenters. The summed E-state index contributed by atoms with van der Waals surface area (Å²) in [7, 11) is -3.81. The number of carbonyl (C=O) groups is 1. The summed E-state index contributed by atoms with van der Waals surface area (Å²) in [5.74, 6) is 0.307. The Morgan fingerprint density at radius 2 is 1.59 bits per heavy atom. The first kappa shape index (κ1) is 26.8. The first-order valence-electron chi connectivity index (χ1n) is 11.9. The van der Waals surface area contributed by atoms with E-state index in [4.69, 9.17) is 9.52 Å². The molecule has 1 fully saturated rings. The molecule has 2 heterocycles. The number of piperidine rings is 1. The predicted octanol–water partition coefficient (Wildman–Crippen LogP) is 4.40. The van der Waals surface area contributed by atoms with Gasteiger partial charge >= 0.3 is 6.36 Å². The van der Waals surface area contributed by atoms with Crippen molar-refractivity contribution in [3.63, 3.8) is 0 Å². The number of fused-ring (bicyclic) bond motifs is 2. The van der Waals surface area contributed by atoms with Crippen molar-refractivity contribution < 1.29 is 36.8 Å². The molecule has 1 amide bonds. The SMILES string of the molecule is CC(=O)N1CC(NS(=N)(=O)c2ccc(OC(F)(F)F)cc2)C(O)C(N2c3ccccc3Oc3ccccc32)C1. The lowest BCUT2D eigenvalue weighted by molar-refractivity contribution is -0.274. The number of nitrogens with one attached hydrogen (secondary N) is 2. The van der Waals surface area contributed by atoms with E-state index in [0.717, 1.165) is 24.3 Å². The summed E-state index contributed by atoms with van der Waals surface area (Å²) in [5.41, 5.74) is 1.33. The minimum atomic E-state index is -4.89. The monoisotopic (exact) mass is 562 g/mol. The van der Waals surface area contributed by atoms with Crippen molar-refractivity contribution in [2.75, 3.05) is 18.0 Å². The van der Waals surface area contributed by atoms with E-state index in [9.17, 15) is 27.3 Å². The van der Waals surface area contributed by atoms with Crippen molar-refractivity contribution in [2.45, 2.75) is 36.4 Å². The summed E-state index contributed by atoms with van der Waals surface area (Å²) < 4.78 is 71.9. The fourth-order valence-corrected chi connectivity index (χ4v) is 6.12. The first-order chi connectivity index (χ1) is 18.4. The molecule has 4 unspecified atom stereocenters. The van der Waals surface area contributed by atoms with Crippen LogP contribution in [-0.2, 0) is 14.7 Å². The van der Waals surface area contributed by atoms with E-state index in [1.54, 1.807) is 12.1 Å². The molecule has 0 aromatic heterocycles. The van der Waals surface area contributed by atoms with Crippen LogP contribution in [0.1, 0.15) is 6.92 Å². The van der Waals surface area contributed by atoms with Crippen molar-refractivity contribution in [3.8, 4) is 17.2 Å². The van der Waals surface area contributed by atoms with Crippen LogP contribution in [0.5, 0.6) is 17.2 Å². The van der Waals surface area contributed by atoms with Gasteiger partial charge in [-0.25, -0.2) is 13.7 Å². The Morgan fingerprint density at radius 3 is 2.13 bits per heavy atom. The maximum Gasteiger partial charge on any atom is 0.573 e. The number of aliphatic hydroxyl groups is 1. The topological polar surface area (TPSA) is 115 Å². The standard InChI is InChI=1S/C26H25F3N4O5S/c1-16(34)32-14-19(31-39(30,36)18-12-10-17(11-13-18)38-26(27,28)29)25(35)22(15-32)33-20-6-2-4-8-23(20)37-24-9-5-3-7-21(24)33/h2-13,19,22,25,35H,14-15H2,1H3,(H2,30,31,36). The molecule has 13 heteroatoms. The Kier molecular flexibility index (Phi) is 6.91. The van der Waals surface area contributed by atoms with Gasteiger partial charge in [-0.2, -0.15) is 0 Å². The van der Waals surface area contributed by atoms with Gasteiger partial charge in [0.1, 0.15) is 15.7 Å². The lowest BCUT2D eigenvalue weighted by Crippen LogP contribution is -2.65. The summed E-state index contributed by atoms with van der Waals surface area (Å²) in [6.45, 7) is 1.48. The second-order valence-electron chi connectivity index (χ2n) is 9.19. The number of rotatable bonds is 5. The second kappa shape index (κ2) is 10.1. The molecule has 3 aromatic carbocycles. The molecule has 5 rings (SSSR count). The Balaban J connectivity index is 1.47. The average molecular weight is 563 g/mol. The van der Waals surface area contributed by atoms with E-state index < -0.39 is 40.2 Å². The molecular formula is C26H25F3N4O5S. The van der Waals surface area contributed by atoms with Gasteiger partial charge in [-0.1, -0.05) is 24.3 Å². The van der Waals surface area contributed by atoms with Crippen LogP contribution in [0.2, 0.25) is 0 Å². The third kappa shape index (κ3) is 5.51. The number of likely N-dealkylation sites (tertiary alicyclic amines) is 1. The second-order valence-corrected chi connectivity index (χ2v) is 11.0. The Bertz CT molecular complexity index is 1440. The lowest BCUT2D eigenvalue weighted by atomic mass is 9.94. The molecule has 39 heavy (non-hydrogen) atoms. The normalized spacial score (nSPS) is 22.2. The third-order valence-electron chi connectivity index (χ3n) is 6.58. The molecule has 0 saturated carbocycles. The van der Waals surface area contributed by atoms with E-state index in [1.165, 1.54) is 11.8 Å². The van der Waals surface area contributed by atoms with Crippen molar-refractivity contribution >= 4 is 27.2 Å². The summed E-state index contributed by atoms with van der Waals surface area (Å²) in [4.78, 5) is 15.8. The third-order valence-corrected chi connectivity index (χ3v) is 8.15. The van der Waals surface area contributed by atoms with Crippen LogP contribution in [0.4, 0.5) is 24.5 Å². The van der Waals surface area contributed by atoms with E-state index in [1.807, 2.05) is 41.3 Å². The summed E-state index contributed by atoms with van der Waals surface area (Å²) in [6.07, 6.45) is -6.10. The highest BCUT2D eigenvalue weighted by molar-refractivity contribution is 7.90. The number of anilines is 2. The van der Waals surface area contributed by atoms with E-state index in [0.29, 0.717) is 22.9 Å². The molecule has 0 radical (unpaired) electrons. The smallest absolute Gasteiger partial charge is 0.453 e. The van der Waals surface area contributed by atoms with Gasteiger partial charge < -0.3 is 24.4 Å². The number of amides is 1. The van der Waals surface area contributed by atoms with E-state index >= 15 is 0 Å². The number of ether oxygens (including phenoxy) is 2. The van der Waals surface area contributed by atoms with Gasteiger partial charge in [0, 0.05) is 20.0 Å². The molecule has 2 aliphatic heterocycles. The quantitative estimate of drug-likeness (QED) is 0.425. The van der Waals surface area contributed by atoms with Gasteiger partial charge in [-0.3, -0.25) is 4.79 Å². The Morgan fingerprint density at radius 1 is 1.03 bits per heavy atom. The molecule has 9 nitrogen and oxygen atoms in total. The first-order valence-corrected chi connectivity index (χ1v) is 13.5. The summed E-state index contributed by atoms with van der Waals surface area (Å²) >= 11 is 0. The van der Waals surface area contributed by atoms with Crippen LogP contribution in [0.15, 0.2) is 77.7 Å². The maximum atomic E-state index is 13.4. The van der Waals surface area contributed by atoms with Crippen LogP contribution < -0.4 is 19.1 Å². The Labute approximate surface area is 222 Å². The van der Waals surface area contributed by atoms with Crippen molar-refractivity contribution in [2.24, 2.45) is 0 Å². The molecule has 0 spiro atoms. The highest BCUT2D eigenvalue weighted by Gasteiger charge is 2.44. The highest BCUT2D eigenvalue weighted by Crippen LogP contribution is 2.48. The fourth-order valence-electron chi connectivity index (χ4n) is 4.83. The number of halogens is 3. The van der Waals surface area contributed by atoms with Crippen molar-refractivity contribution in [1.29, 1.82) is 4.78 Å². The molecule has 206 valence electrons. The molecule has 3 N–H and O–H groups in total. The minimum absolute atomic E-state index is 0.0359. The molecule has 0 aliphatic carbocycles. The average Bonchev–Trinajstić information content (AvgIpc) is 2.88. The van der Waals surface area contributed by atoms with E-state index in [2.05, 4.69) is 9.46 Å². The van der Waals surface area contributed by atoms with Crippen LogP contribution in [0.3, 0.4) is 0 Å². The number of hydrogen-bond donors (Lipinski definition) is 3. The highest BCUT2D eigenvalue weighted by atomic mass is 32.2. The molecule has 0 bridgehead atoms. The van der Waals surface area contributed by atoms with Gasteiger partial charge in [-0.05, 0) is 48.5 Å². The molecular weight excluding hydrogens is 537 g/mol. The number of aliphatic hydroxyl groups excluding tert-OH is 1. The van der Waals surface area contributed by atoms with Crippen LogP contribution in [-0.4, -0.2) is 57.8 Å². The zero-order chi connectivity index (χ0) is 27.9. The Hall–Kier alpha value is -3.81. The molecule has 2 aliphatic rings. The number of alkyl halides is 3. The van der Waals surface area contributed by atoms with E-state index in [-0.39, 0.29) is 23.9 Å². The number of carbonyl (C=O) groups excluding carboxylic acids is 1. The number of hydrogen-bond acceptors (Lipinski definition) is 7. The van der Waals surface area contributed by atoms with Crippen molar-refractivity contribution in [3.05, 3.63) is 72.8 Å². The minimum Gasteiger partial charge on any atom is -0.453 e. The van der Waals surface area contributed by atoms with Crippen LogP contribution in [0, 0.1) is 4.78 Å². The van der Waals surface area contributed by atoms with Crippen molar-refractivity contribution in [1.82, 2.24) is 9.62 Å². The number of benzene rings is 3. The zero-order valence-electron chi connectivity index (χ0n) is 20.6. The fraction of sp³-hybridized carbons (Fsp3) is 0.269. The summed E-state index contributed by atoms with van der Waals surface area (Å²) in [5, 5.41) is 11.6. The molecule has 1 saturated heterocycles. The molecule has 3 aromatic rings. The van der Waals surface area contributed by atoms with Crippen LogP contribution >= 0.6 is 0 Å².